The summed E-state index contributed by atoms with van der Waals surface area (Å²) in [5, 5.41) is 92.8. The number of carbonyl (C=O) groups excluding carboxylic acids is 10. The number of imidazole rings is 2. The molecule has 3 aromatic heterocycles. The second-order valence-corrected chi connectivity index (χ2v) is 31.7. The van der Waals surface area contributed by atoms with Crippen LogP contribution in [0.4, 0.5) is 28.4 Å². The minimum Gasteiger partial charge on any atom is -0.480 e. The van der Waals surface area contributed by atoms with Crippen molar-refractivity contribution >= 4 is 145 Å². The van der Waals surface area contributed by atoms with Crippen LogP contribution >= 0.6 is 0 Å². The van der Waals surface area contributed by atoms with Gasteiger partial charge in [0.25, 0.3) is 0 Å². The molecule has 0 bridgehead atoms. The number of nitrogens with two attached hydrogens (primary N) is 4. The number of carboxylic acids is 2. The Morgan fingerprint density at radius 1 is 0.394 bits per heavy atom. The molecule has 45 nitrogen and oxygen atoms in total. The Kier molecular flexibility index (Phi) is 40.1. The fourth-order valence-corrected chi connectivity index (χ4v) is 13.9. The molecular weight excluding hydrogens is 1700 g/mol. The summed E-state index contributed by atoms with van der Waals surface area (Å²) in [4.78, 5) is 191. The molecule has 31 N–H and O–H groups in total. The molecule has 0 spiro atoms. The first kappa shape index (κ1) is 102. The van der Waals surface area contributed by atoms with Crippen molar-refractivity contribution in [2.75, 3.05) is 101 Å². The highest BCUT2D eigenvalue weighted by atomic mass is 16.4. The molecular formula is C87H119N31O14. The molecule has 0 aliphatic rings. The fraction of sp³-hybridized carbons (Fsp3) is 0.391. The number of fused-ring (bicyclic) bond motifs is 2. The number of benzene rings is 5. The van der Waals surface area contributed by atoms with Crippen LogP contribution in [-0.2, 0) is 83.2 Å². The lowest BCUT2D eigenvalue weighted by Crippen LogP contribution is -2.58. The smallest absolute Gasteiger partial charge is 0.326 e. The number of rotatable bonds is 55. The number of aromatic nitrogens is 5. The highest BCUT2D eigenvalue weighted by molar-refractivity contribution is 6.11. The second kappa shape index (κ2) is 52.0. The number of aliphatic carboxylic acids is 2. The fourth-order valence-electron chi connectivity index (χ4n) is 13.9. The van der Waals surface area contributed by atoms with Crippen LogP contribution in [0.3, 0.4) is 0 Å². The van der Waals surface area contributed by atoms with Crippen LogP contribution in [0.5, 0.6) is 0 Å². The number of carbonyl (C=O) groups is 12. The lowest BCUT2D eigenvalue weighted by atomic mass is 10.0. The molecule has 8 rings (SSSR count). The normalized spacial score (nSPS) is 12.9. The second-order valence-electron chi connectivity index (χ2n) is 31.7. The van der Waals surface area contributed by atoms with E-state index in [1.165, 1.54) is 25.0 Å². The van der Waals surface area contributed by atoms with E-state index in [1.54, 1.807) is 109 Å². The van der Waals surface area contributed by atoms with Crippen molar-refractivity contribution in [3.8, 4) is 0 Å². The summed E-state index contributed by atoms with van der Waals surface area (Å²) >= 11 is 0. The van der Waals surface area contributed by atoms with Crippen LogP contribution in [0.2, 0.25) is 0 Å². The van der Waals surface area contributed by atoms with Gasteiger partial charge in [-0.15, -0.1) is 0 Å². The SMILES string of the molecule is CN(CCC(=O)Nc1ccc2c(Nc3ccc(N(C)C)cc3)c3ccc(NC(=O)CCN(C)CC(=O)N[C@@H](Cc4ccccc4)C(=O)N[C@@H](CCCNC(=N)N)C(=O)N[C@@H](Cc4c[nH]cn4)C(=O)N[C@@H](CCCNC(=N)N)C(=O)O)cc3nc2c1)CC(=O)N[C@@H](Cc1ccccc1)C(=O)N[C@@H](CCCNC(=N)N)C(=O)N[C@@H](Cc1c[nH]cn1)C(=O)N[C@@H](CCCNC(=N)N)C(=O)O. The topological polar surface area (TPSA) is 705 Å². The first-order valence-electron chi connectivity index (χ1n) is 42.7. The summed E-state index contributed by atoms with van der Waals surface area (Å²) in [6.07, 6.45) is 5.43. The standard InChI is InChI=1S/C87H119N31O14/c1-116(2)58-27-23-53(24-28-58)106-75-59-29-25-54(104-71(119)31-37-117(3)47-73(121)108-67(39-51-15-7-5-8-16-51)78(125)110-61(19-11-33-98-84(88)89)76(123)114-69(43-56-45-96-49-102-56)80(127)112-63(82(129)130)21-13-35-100-86(92)93)41-65(59)107-66-42-55(26-30-60(66)75)105-72(120)32-38-118(4)48-74(122)109-68(40-52-17-9-6-10-18-52)79(126)111-62(20-12-34-99-85(90)91)77(124)115-70(44-57-46-97-50-103-57)81(128)113-64(83(131)132)22-14-36-101-87(94)95/h5-10,15-18,23-30,41-42,45-46,49-50,61-64,67-70H,11-14,19-22,31-40,43-44,47-48H2,1-4H3,(H,96,102)(H,97,103)(H,104,119)(H,105,120)(H,106,107)(H,108,121)(H,109,122)(H,110,125)(H,111,126)(H,112,127)(H,113,128)(H,114,123)(H,115,124)(H,129,130)(H,131,132)(H4,88,89,98)(H4,90,91,99)(H4,92,93,100)(H4,94,95,101)/t61-,62-,63-,64-,67-,68-,69-,70-/m0/s1. The third-order valence-electron chi connectivity index (χ3n) is 20.8. The number of pyridine rings is 1. The lowest BCUT2D eigenvalue weighted by Gasteiger charge is -2.26. The van der Waals surface area contributed by atoms with Gasteiger partial charge in [-0.2, -0.15) is 0 Å². The third kappa shape index (κ3) is 35.2. The van der Waals surface area contributed by atoms with Gasteiger partial charge in [0.05, 0.1) is 53.9 Å². The van der Waals surface area contributed by atoms with Gasteiger partial charge in [-0.25, -0.2) is 24.5 Å². The number of carboxylic acid groups (broad SMARTS) is 2. The Bertz CT molecular complexity index is 4970. The number of likely N-dealkylation sites (N-methyl/N-ethyl adjacent to an activating group) is 2. The van der Waals surface area contributed by atoms with Crippen LogP contribution in [0.25, 0.3) is 21.8 Å². The number of amides is 10. The molecule has 706 valence electrons. The van der Waals surface area contributed by atoms with Gasteiger partial charge in [0, 0.05) is 138 Å². The quantitative estimate of drug-likeness (QED) is 0.00964. The first-order valence-corrected chi connectivity index (χ1v) is 42.7. The van der Waals surface area contributed by atoms with E-state index >= 15 is 0 Å². The number of hydrogen-bond acceptors (Lipinski definition) is 23. The van der Waals surface area contributed by atoms with Crippen molar-refractivity contribution in [1.29, 1.82) is 21.6 Å². The largest absolute Gasteiger partial charge is 0.480 e. The summed E-state index contributed by atoms with van der Waals surface area (Å²) in [6.45, 7) is 0.0271. The van der Waals surface area contributed by atoms with E-state index in [0.29, 0.717) is 61.4 Å². The van der Waals surface area contributed by atoms with Crippen molar-refractivity contribution in [1.82, 2.24) is 98.5 Å². The predicted molar refractivity (Wildman–Crippen MR) is 497 cm³/mol. The number of hydrogen-bond donors (Lipinski definition) is 27. The molecule has 8 aromatic rings. The zero-order valence-corrected chi connectivity index (χ0v) is 73.8. The summed E-state index contributed by atoms with van der Waals surface area (Å²) in [7, 11) is 7.08. The number of aromatic amines is 2. The molecule has 0 aliphatic heterocycles. The molecule has 5 aromatic carbocycles. The lowest BCUT2D eigenvalue weighted by molar-refractivity contribution is -0.143. The van der Waals surface area contributed by atoms with E-state index in [4.69, 9.17) is 49.6 Å². The highest BCUT2D eigenvalue weighted by Crippen LogP contribution is 2.36. The van der Waals surface area contributed by atoms with Gasteiger partial charge >= 0.3 is 11.9 Å². The van der Waals surface area contributed by atoms with Crippen LogP contribution in [0.15, 0.2) is 146 Å². The zero-order chi connectivity index (χ0) is 95.8. The Balaban J connectivity index is 0.918. The van der Waals surface area contributed by atoms with Crippen LogP contribution < -0.4 is 108 Å². The molecule has 132 heavy (non-hydrogen) atoms. The molecule has 45 heteroatoms. The molecule has 0 fully saturated rings. The van der Waals surface area contributed by atoms with E-state index in [-0.39, 0.29) is 166 Å². The van der Waals surface area contributed by atoms with Crippen molar-refractivity contribution in [2.45, 2.75) is 138 Å². The Morgan fingerprint density at radius 2 is 0.720 bits per heavy atom. The van der Waals surface area contributed by atoms with Gasteiger partial charge in [-0.1, -0.05) is 60.7 Å². The van der Waals surface area contributed by atoms with Gasteiger partial charge in [0.2, 0.25) is 59.1 Å². The minimum atomic E-state index is -1.42. The summed E-state index contributed by atoms with van der Waals surface area (Å²) in [5.74, 6) is -11.1. The maximum atomic E-state index is 14.6. The Morgan fingerprint density at radius 3 is 1.05 bits per heavy atom. The van der Waals surface area contributed by atoms with Crippen molar-refractivity contribution in [3.05, 3.63) is 169 Å². The van der Waals surface area contributed by atoms with Gasteiger partial charge in [-0.3, -0.25) is 79.4 Å². The van der Waals surface area contributed by atoms with E-state index in [2.05, 4.69) is 99.7 Å². The van der Waals surface area contributed by atoms with Gasteiger partial charge in [-0.05, 0) is 137 Å². The summed E-state index contributed by atoms with van der Waals surface area (Å²) in [6, 6.07) is 24.8. The third-order valence-corrected chi connectivity index (χ3v) is 20.8. The number of nitrogens with zero attached hydrogens (tertiary/aromatic N) is 6. The average Bonchev–Trinajstić information content (AvgIpc) is 0.877. The van der Waals surface area contributed by atoms with Gasteiger partial charge in [0.1, 0.15) is 48.3 Å². The van der Waals surface area contributed by atoms with E-state index in [9.17, 15) is 67.7 Å². The average molecular weight is 1820 g/mol. The maximum Gasteiger partial charge on any atom is 0.326 e. The molecule has 10 amide bonds. The molecule has 0 unspecified atom stereocenters. The molecule has 8 atom stereocenters. The zero-order valence-electron chi connectivity index (χ0n) is 73.8. The van der Waals surface area contributed by atoms with Crippen LogP contribution in [-0.4, -0.2) is 269 Å². The summed E-state index contributed by atoms with van der Waals surface area (Å²) < 4.78 is 0. The maximum absolute atomic E-state index is 14.6. The number of anilines is 5. The number of H-pyrrole nitrogens is 2. The molecule has 0 aliphatic carbocycles. The number of nitrogens with one attached hydrogen (secondary N) is 21. The Labute approximate surface area is 761 Å². The van der Waals surface area contributed by atoms with E-state index in [1.807, 2.05) is 55.4 Å². The predicted octanol–water partition coefficient (Wildman–Crippen LogP) is -0.764. The molecule has 0 saturated carbocycles. The van der Waals surface area contributed by atoms with Crippen LogP contribution in [0, 0.1) is 21.6 Å². The summed E-state index contributed by atoms with van der Waals surface area (Å²) in [5.41, 5.74) is 27.8. The van der Waals surface area contributed by atoms with Crippen LogP contribution in [0.1, 0.15) is 86.7 Å². The number of guanidine groups is 4. The monoisotopic (exact) mass is 1820 g/mol. The van der Waals surface area contributed by atoms with Crippen molar-refractivity contribution in [2.24, 2.45) is 22.9 Å². The van der Waals surface area contributed by atoms with E-state index < -0.39 is 119 Å². The van der Waals surface area contributed by atoms with Gasteiger partial charge in [0.15, 0.2) is 23.8 Å². The molecule has 0 saturated heterocycles. The van der Waals surface area contributed by atoms with Gasteiger partial charge < -0.3 is 128 Å². The van der Waals surface area contributed by atoms with Crippen molar-refractivity contribution < 1.29 is 67.7 Å². The minimum absolute atomic E-state index is 0.0400. The van der Waals surface area contributed by atoms with E-state index in [0.717, 1.165) is 11.4 Å². The molecule has 0 radical (unpaired) electrons. The Hall–Kier alpha value is -15.6. The molecule has 3 heterocycles. The highest BCUT2D eigenvalue weighted by Gasteiger charge is 2.36. The first-order chi connectivity index (χ1) is 63.1. The van der Waals surface area contributed by atoms with Crippen molar-refractivity contribution in [3.63, 3.8) is 0 Å².